The highest BCUT2D eigenvalue weighted by Crippen LogP contribution is 2.17. The molecule has 0 aliphatic rings. The molecule has 0 bridgehead atoms. The fourth-order valence-electron chi connectivity index (χ4n) is 2.74. The predicted octanol–water partition coefficient (Wildman–Crippen LogP) is 3.95. The Balaban J connectivity index is 2.10. The first kappa shape index (κ1) is 24.0. The van der Waals surface area contributed by atoms with E-state index in [0.29, 0.717) is 19.6 Å². The van der Waals surface area contributed by atoms with Crippen molar-refractivity contribution in [2.45, 2.75) is 69.6 Å². The maximum absolute atomic E-state index is 12.2. The van der Waals surface area contributed by atoms with Gasteiger partial charge in [-0.3, -0.25) is 14.9 Å². The summed E-state index contributed by atoms with van der Waals surface area (Å²) in [5.74, 6) is -0.130. The largest absolute Gasteiger partial charge is 0.466 e. The van der Waals surface area contributed by atoms with Crippen LogP contribution in [0.25, 0.3) is 0 Å². The highest BCUT2D eigenvalue weighted by molar-refractivity contribution is 7.89. The predicted molar refractivity (Wildman–Crippen MR) is 106 cm³/mol. The molecule has 0 radical (unpaired) electrons. The molecular formula is C19H30N2O6S. The first-order valence-electron chi connectivity index (χ1n) is 9.76. The van der Waals surface area contributed by atoms with Crippen LogP contribution in [0.2, 0.25) is 0 Å². The molecule has 158 valence electrons. The van der Waals surface area contributed by atoms with Gasteiger partial charge in [-0.05, 0) is 25.8 Å². The van der Waals surface area contributed by atoms with Crippen LogP contribution in [0.15, 0.2) is 29.2 Å². The summed E-state index contributed by atoms with van der Waals surface area (Å²) in [5.41, 5.74) is -0.245. The lowest BCUT2D eigenvalue weighted by molar-refractivity contribution is -0.385. The molecular weight excluding hydrogens is 384 g/mol. The van der Waals surface area contributed by atoms with Gasteiger partial charge in [-0.25, -0.2) is 13.1 Å². The van der Waals surface area contributed by atoms with Crippen LogP contribution in [0.5, 0.6) is 0 Å². The van der Waals surface area contributed by atoms with Crippen molar-refractivity contribution in [2.24, 2.45) is 0 Å². The number of rotatable bonds is 15. The SMILES string of the molecule is CCOC(=O)CCCCCCCCCCNS(=O)(=O)c1cccc([N+](=O)[O-])c1. The zero-order valence-corrected chi connectivity index (χ0v) is 17.2. The summed E-state index contributed by atoms with van der Waals surface area (Å²) in [4.78, 5) is 21.2. The highest BCUT2D eigenvalue weighted by Gasteiger charge is 2.16. The Bertz CT molecular complexity index is 721. The van der Waals surface area contributed by atoms with Crippen LogP contribution in [0, 0.1) is 10.1 Å². The summed E-state index contributed by atoms with van der Waals surface area (Å²) in [6.07, 6.45) is 8.28. The lowest BCUT2D eigenvalue weighted by Crippen LogP contribution is -2.24. The van der Waals surface area contributed by atoms with E-state index in [0.717, 1.165) is 57.4 Å². The third-order valence-electron chi connectivity index (χ3n) is 4.24. The molecule has 1 aromatic carbocycles. The van der Waals surface area contributed by atoms with Crippen LogP contribution in [-0.4, -0.2) is 32.5 Å². The summed E-state index contributed by atoms with van der Waals surface area (Å²) in [6.45, 7) is 2.54. The van der Waals surface area contributed by atoms with Crippen molar-refractivity contribution in [1.29, 1.82) is 0 Å². The zero-order valence-electron chi connectivity index (χ0n) is 16.4. The van der Waals surface area contributed by atoms with Gasteiger partial charge in [0, 0.05) is 25.1 Å². The van der Waals surface area contributed by atoms with Gasteiger partial charge in [0.2, 0.25) is 10.0 Å². The Morgan fingerprint density at radius 1 is 1.07 bits per heavy atom. The number of hydrogen-bond donors (Lipinski definition) is 1. The molecule has 1 rings (SSSR count). The monoisotopic (exact) mass is 414 g/mol. The van der Waals surface area contributed by atoms with Gasteiger partial charge in [-0.15, -0.1) is 0 Å². The number of nitrogens with one attached hydrogen (secondary N) is 1. The Kier molecular flexibility index (Phi) is 11.4. The van der Waals surface area contributed by atoms with Gasteiger partial charge in [-0.1, -0.05) is 44.6 Å². The highest BCUT2D eigenvalue weighted by atomic mass is 32.2. The molecule has 0 amide bonds. The molecule has 0 atom stereocenters. The molecule has 1 aromatic rings. The van der Waals surface area contributed by atoms with Crippen LogP contribution in [-0.2, 0) is 19.6 Å². The van der Waals surface area contributed by atoms with Crippen molar-refractivity contribution < 1.29 is 22.9 Å². The van der Waals surface area contributed by atoms with Crippen LogP contribution < -0.4 is 4.72 Å². The Morgan fingerprint density at radius 3 is 2.29 bits per heavy atom. The number of nitro benzene ring substituents is 1. The van der Waals surface area contributed by atoms with Crippen LogP contribution in [0.3, 0.4) is 0 Å². The number of hydrogen-bond acceptors (Lipinski definition) is 6. The third kappa shape index (κ3) is 9.80. The molecule has 0 aliphatic heterocycles. The Hall–Kier alpha value is -2.00. The van der Waals surface area contributed by atoms with Gasteiger partial charge in [0.05, 0.1) is 16.4 Å². The van der Waals surface area contributed by atoms with E-state index >= 15 is 0 Å². The van der Waals surface area contributed by atoms with Crippen LogP contribution in [0.1, 0.15) is 64.7 Å². The molecule has 9 heteroatoms. The molecule has 1 N–H and O–H groups in total. The average molecular weight is 415 g/mol. The van der Waals surface area contributed by atoms with Gasteiger partial charge in [0.1, 0.15) is 0 Å². The van der Waals surface area contributed by atoms with E-state index in [1.165, 1.54) is 18.2 Å². The molecule has 0 aliphatic carbocycles. The molecule has 28 heavy (non-hydrogen) atoms. The minimum absolute atomic E-state index is 0.0930. The molecule has 0 saturated carbocycles. The first-order chi connectivity index (χ1) is 13.4. The summed E-state index contributed by atoms with van der Waals surface area (Å²) in [7, 11) is -3.73. The molecule has 8 nitrogen and oxygen atoms in total. The van der Waals surface area contributed by atoms with Crippen molar-refractivity contribution in [2.75, 3.05) is 13.2 Å². The number of unbranched alkanes of at least 4 members (excludes halogenated alkanes) is 7. The number of nitro groups is 1. The van der Waals surface area contributed by atoms with Crippen molar-refractivity contribution in [1.82, 2.24) is 4.72 Å². The zero-order chi connectivity index (χ0) is 20.8. The molecule has 0 saturated heterocycles. The van der Waals surface area contributed by atoms with E-state index < -0.39 is 14.9 Å². The topological polar surface area (TPSA) is 116 Å². The average Bonchev–Trinajstić information content (AvgIpc) is 2.66. The fraction of sp³-hybridized carbons (Fsp3) is 0.632. The maximum atomic E-state index is 12.2. The van der Waals surface area contributed by atoms with Gasteiger partial charge in [0.15, 0.2) is 0 Å². The first-order valence-corrected chi connectivity index (χ1v) is 11.2. The number of carbonyl (C=O) groups excluding carboxylic acids is 1. The van der Waals surface area contributed by atoms with Crippen molar-refractivity contribution in [3.63, 3.8) is 0 Å². The minimum Gasteiger partial charge on any atom is -0.466 e. The van der Waals surface area contributed by atoms with Crippen molar-refractivity contribution in [3.8, 4) is 0 Å². The number of carbonyl (C=O) groups is 1. The van der Waals surface area contributed by atoms with Gasteiger partial charge in [0.25, 0.3) is 5.69 Å². The lowest BCUT2D eigenvalue weighted by Gasteiger charge is -2.07. The summed E-state index contributed by atoms with van der Waals surface area (Å²) in [5, 5.41) is 10.7. The second kappa shape index (κ2) is 13.2. The standard InChI is InChI=1S/C19H30N2O6S/c1-2-27-19(22)14-9-7-5-3-4-6-8-10-15-20-28(25,26)18-13-11-12-17(16-18)21(23)24/h11-13,16,20H,2-10,14-15H2,1H3. The normalized spacial score (nSPS) is 11.3. The van der Waals surface area contributed by atoms with Gasteiger partial charge >= 0.3 is 5.97 Å². The van der Waals surface area contributed by atoms with E-state index in [2.05, 4.69) is 4.72 Å². The lowest BCUT2D eigenvalue weighted by atomic mass is 10.1. The van der Waals surface area contributed by atoms with Crippen molar-refractivity contribution >= 4 is 21.7 Å². The van der Waals surface area contributed by atoms with E-state index in [9.17, 15) is 23.3 Å². The number of ether oxygens (including phenoxy) is 1. The summed E-state index contributed by atoms with van der Waals surface area (Å²) in [6, 6.07) is 5.02. The van der Waals surface area contributed by atoms with E-state index in [1.807, 2.05) is 0 Å². The number of nitrogens with zero attached hydrogens (tertiary/aromatic N) is 1. The van der Waals surface area contributed by atoms with E-state index in [-0.39, 0.29) is 16.6 Å². The number of esters is 1. The smallest absolute Gasteiger partial charge is 0.305 e. The molecule has 0 aromatic heterocycles. The summed E-state index contributed by atoms with van der Waals surface area (Å²) < 4.78 is 31.7. The van der Waals surface area contributed by atoms with E-state index in [4.69, 9.17) is 4.74 Å². The maximum Gasteiger partial charge on any atom is 0.305 e. The van der Waals surface area contributed by atoms with E-state index in [1.54, 1.807) is 6.92 Å². The van der Waals surface area contributed by atoms with Gasteiger partial charge in [-0.2, -0.15) is 0 Å². The van der Waals surface area contributed by atoms with Gasteiger partial charge < -0.3 is 4.74 Å². The fourth-order valence-corrected chi connectivity index (χ4v) is 3.86. The Morgan fingerprint density at radius 2 is 1.68 bits per heavy atom. The third-order valence-corrected chi connectivity index (χ3v) is 5.70. The number of non-ortho nitro benzene ring substituents is 1. The Labute approximate surface area is 166 Å². The van der Waals surface area contributed by atoms with Crippen LogP contribution >= 0.6 is 0 Å². The second-order valence-electron chi connectivity index (χ2n) is 6.54. The quantitative estimate of drug-likeness (QED) is 0.201. The van der Waals surface area contributed by atoms with Crippen LogP contribution in [0.4, 0.5) is 5.69 Å². The minimum atomic E-state index is -3.73. The molecule has 0 unspecified atom stereocenters. The molecule has 0 fully saturated rings. The molecule has 0 spiro atoms. The second-order valence-corrected chi connectivity index (χ2v) is 8.30. The summed E-state index contributed by atoms with van der Waals surface area (Å²) >= 11 is 0. The van der Waals surface area contributed by atoms with Crippen molar-refractivity contribution in [3.05, 3.63) is 34.4 Å². The number of sulfonamides is 1. The number of benzene rings is 1. The molecule has 0 heterocycles.